The van der Waals surface area contributed by atoms with E-state index in [2.05, 4.69) is 4.98 Å². The van der Waals surface area contributed by atoms with Crippen molar-refractivity contribution in [3.8, 4) is 0 Å². The van der Waals surface area contributed by atoms with Crippen molar-refractivity contribution in [2.24, 2.45) is 0 Å². The maximum Gasteiger partial charge on any atom is 0.252 e. The second-order valence-electron chi connectivity index (χ2n) is 8.63. The first-order chi connectivity index (χ1) is 15.7. The van der Waals surface area contributed by atoms with Gasteiger partial charge in [0.2, 0.25) is 10.0 Å². The summed E-state index contributed by atoms with van der Waals surface area (Å²) in [4.78, 5) is 27.7. The van der Waals surface area contributed by atoms with Gasteiger partial charge in [0.1, 0.15) is 0 Å². The van der Waals surface area contributed by atoms with Crippen LogP contribution in [0.2, 0.25) is 0 Å². The molecule has 3 aromatic rings. The average Bonchev–Trinajstić information content (AvgIpc) is 3.30. The topological polar surface area (TPSA) is 96.5 Å². The normalized spacial score (nSPS) is 16.5. The zero-order valence-corrected chi connectivity index (χ0v) is 19.9. The van der Waals surface area contributed by atoms with Crippen LogP contribution >= 0.6 is 0 Å². The van der Waals surface area contributed by atoms with Gasteiger partial charge in [0.25, 0.3) is 5.56 Å². The number of ketones is 1. The number of Topliss-reactive ketones (excluding diaryl/α,β-unsaturated/α-hetero) is 1. The van der Waals surface area contributed by atoms with Gasteiger partial charge in [-0.25, -0.2) is 8.42 Å². The Morgan fingerprint density at radius 3 is 2.61 bits per heavy atom. The van der Waals surface area contributed by atoms with Gasteiger partial charge in [0.05, 0.1) is 16.5 Å². The molecule has 1 atom stereocenters. The van der Waals surface area contributed by atoms with E-state index in [0.29, 0.717) is 17.7 Å². The van der Waals surface area contributed by atoms with Crippen molar-refractivity contribution in [2.45, 2.75) is 51.2 Å². The zero-order valence-electron chi connectivity index (χ0n) is 19.1. The van der Waals surface area contributed by atoms with Crippen LogP contribution in [-0.2, 0) is 21.3 Å². The molecule has 33 heavy (non-hydrogen) atoms. The van der Waals surface area contributed by atoms with Gasteiger partial charge in [0, 0.05) is 36.2 Å². The van der Waals surface area contributed by atoms with E-state index < -0.39 is 10.0 Å². The first-order valence-corrected chi connectivity index (χ1v) is 12.5. The average molecular weight is 469 g/mol. The molecule has 7 nitrogen and oxygen atoms in total. The van der Waals surface area contributed by atoms with Gasteiger partial charge in [-0.15, -0.1) is 0 Å². The second-order valence-corrected chi connectivity index (χ2v) is 10.6. The highest BCUT2D eigenvalue weighted by Crippen LogP contribution is 2.25. The molecule has 1 aliphatic rings. The molecule has 0 saturated carbocycles. The van der Waals surface area contributed by atoms with E-state index in [9.17, 15) is 18.0 Å². The lowest BCUT2D eigenvalue weighted by molar-refractivity contribution is 0.0925. The van der Waals surface area contributed by atoms with E-state index in [4.69, 9.17) is 4.74 Å². The molecule has 4 rings (SSSR count). The Bertz CT molecular complexity index is 1370. The van der Waals surface area contributed by atoms with Crippen molar-refractivity contribution in [1.29, 1.82) is 0 Å². The first kappa shape index (κ1) is 23.4. The molecule has 1 unspecified atom stereocenters. The lowest BCUT2D eigenvalue weighted by atomic mass is 10.0. The van der Waals surface area contributed by atoms with Gasteiger partial charge < -0.3 is 9.72 Å². The predicted molar refractivity (Wildman–Crippen MR) is 127 cm³/mol. The van der Waals surface area contributed by atoms with Gasteiger partial charge in [-0.1, -0.05) is 24.3 Å². The molecule has 1 N–H and O–H groups in total. The number of aromatic nitrogens is 1. The Labute approximate surface area is 193 Å². The lowest BCUT2D eigenvalue weighted by Crippen LogP contribution is -2.38. The van der Waals surface area contributed by atoms with Crippen molar-refractivity contribution in [1.82, 2.24) is 9.29 Å². The number of nitrogens with one attached hydrogen (secondary N) is 1. The minimum Gasteiger partial charge on any atom is -0.377 e. The number of aromatic amines is 1. The van der Waals surface area contributed by atoms with Gasteiger partial charge in [-0.05, 0) is 62.9 Å². The molecule has 2 aromatic carbocycles. The second kappa shape index (κ2) is 9.21. The summed E-state index contributed by atoms with van der Waals surface area (Å²) in [6.45, 7) is 5.91. The molecule has 0 amide bonds. The van der Waals surface area contributed by atoms with E-state index in [0.717, 1.165) is 34.9 Å². The number of benzene rings is 2. The maximum atomic E-state index is 13.6. The van der Waals surface area contributed by atoms with Crippen molar-refractivity contribution < 1.29 is 17.9 Å². The Kier molecular flexibility index (Phi) is 6.52. The number of H-pyrrole nitrogens is 1. The highest BCUT2D eigenvalue weighted by atomic mass is 32.2. The number of ether oxygens (including phenoxy) is 1. The minimum absolute atomic E-state index is 0.0254. The van der Waals surface area contributed by atoms with Gasteiger partial charge in [-0.3, -0.25) is 9.59 Å². The smallest absolute Gasteiger partial charge is 0.252 e. The summed E-state index contributed by atoms with van der Waals surface area (Å²) < 4.78 is 34.3. The monoisotopic (exact) mass is 468 g/mol. The number of rotatable bonds is 7. The number of hydrogen-bond acceptors (Lipinski definition) is 5. The molecule has 0 radical (unpaired) electrons. The van der Waals surface area contributed by atoms with E-state index in [1.165, 1.54) is 23.4 Å². The summed E-state index contributed by atoms with van der Waals surface area (Å²) >= 11 is 0. The summed E-state index contributed by atoms with van der Waals surface area (Å²) in [7, 11) is -3.98. The van der Waals surface area contributed by atoms with Crippen LogP contribution in [-0.4, -0.2) is 42.7 Å². The molecule has 1 aliphatic heterocycles. The number of sulfonamides is 1. The van der Waals surface area contributed by atoms with Crippen molar-refractivity contribution >= 4 is 26.7 Å². The molecule has 1 aromatic heterocycles. The van der Waals surface area contributed by atoms with Crippen LogP contribution < -0.4 is 5.56 Å². The largest absolute Gasteiger partial charge is 0.377 e. The summed E-state index contributed by atoms with van der Waals surface area (Å²) in [5, 5.41) is 0.887. The molecule has 174 valence electrons. The Morgan fingerprint density at radius 2 is 1.91 bits per heavy atom. The van der Waals surface area contributed by atoms with E-state index in [1.807, 2.05) is 26.0 Å². The number of fused-ring (bicyclic) bond motifs is 1. The number of hydrogen-bond donors (Lipinski definition) is 1. The van der Waals surface area contributed by atoms with E-state index >= 15 is 0 Å². The summed E-state index contributed by atoms with van der Waals surface area (Å²) in [6, 6.07) is 11.7. The fourth-order valence-electron chi connectivity index (χ4n) is 4.21. The Morgan fingerprint density at radius 1 is 1.15 bits per heavy atom. The minimum atomic E-state index is -3.98. The summed E-state index contributed by atoms with van der Waals surface area (Å²) in [5.41, 5.74) is 3.07. The van der Waals surface area contributed by atoms with Gasteiger partial charge in [0.15, 0.2) is 5.78 Å². The molecule has 1 fully saturated rings. The van der Waals surface area contributed by atoms with Gasteiger partial charge in [-0.2, -0.15) is 4.31 Å². The standard InChI is InChI=1S/C25H28N2O5S/c1-16-9-10-17(2)24-23(16)13-20(25(29)26-24)14-27(15-21-7-5-11-32-21)33(30,31)22-8-4-6-19(12-22)18(3)28/h4,6,8-10,12-13,21H,5,7,11,14-15H2,1-3H3,(H,26,29). The molecule has 0 aliphatic carbocycles. The highest BCUT2D eigenvalue weighted by molar-refractivity contribution is 7.89. The van der Waals surface area contributed by atoms with Crippen LogP contribution in [0.15, 0.2) is 52.2 Å². The van der Waals surface area contributed by atoms with Crippen LogP contribution in [0.4, 0.5) is 0 Å². The SMILES string of the molecule is CC(=O)c1cccc(S(=O)(=O)N(Cc2cc3c(C)ccc(C)c3[nH]c2=O)CC2CCCO2)c1. The number of pyridine rings is 1. The number of carbonyl (C=O) groups is 1. The number of aryl methyl sites for hydroxylation is 2. The number of carbonyl (C=O) groups excluding carboxylic acids is 1. The van der Waals surface area contributed by atoms with Crippen LogP contribution in [0.25, 0.3) is 10.9 Å². The first-order valence-electron chi connectivity index (χ1n) is 11.0. The molecular formula is C25H28N2O5S. The Balaban J connectivity index is 1.77. The third-order valence-corrected chi connectivity index (χ3v) is 7.98. The van der Waals surface area contributed by atoms with Crippen LogP contribution in [0.1, 0.15) is 46.8 Å². The molecule has 0 spiro atoms. The third kappa shape index (κ3) is 4.78. The molecule has 8 heteroatoms. The van der Waals surface area contributed by atoms with Crippen LogP contribution in [0.3, 0.4) is 0 Å². The molecule has 0 bridgehead atoms. The van der Waals surface area contributed by atoms with Crippen LogP contribution in [0.5, 0.6) is 0 Å². The summed E-state index contributed by atoms with van der Waals surface area (Å²) in [5.74, 6) is -0.213. The Hall–Kier alpha value is -2.81. The van der Waals surface area contributed by atoms with E-state index in [-0.39, 0.29) is 35.4 Å². The van der Waals surface area contributed by atoms with Gasteiger partial charge >= 0.3 is 0 Å². The quantitative estimate of drug-likeness (QED) is 0.533. The molecule has 1 saturated heterocycles. The fraction of sp³-hybridized carbons (Fsp3) is 0.360. The van der Waals surface area contributed by atoms with E-state index in [1.54, 1.807) is 18.2 Å². The maximum absolute atomic E-state index is 13.6. The number of nitrogens with zero attached hydrogens (tertiary/aromatic N) is 1. The zero-order chi connectivity index (χ0) is 23.8. The van der Waals surface area contributed by atoms with Crippen molar-refractivity contribution in [3.05, 3.63) is 75.1 Å². The van der Waals surface area contributed by atoms with Crippen LogP contribution in [0, 0.1) is 13.8 Å². The third-order valence-electron chi connectivity index (χ3n) is 6.18. The van der Waals surface area contributed by atoms with Crippen molar-refractivity contribution in [3.63, 3.8) is 0 Å². The van der Waals surface area contributed by atoms with Crippen molar-refractivity contribution in [2.75, 3.05) is 13.2 Å². The predicted octanol–water partition coefficient (Wildman–Crippen LogP) is 3.72. The molecule has 2 heterocycles. The highest BCUT2D eigenvalue weighted by Gasteiger charge is 2.30. The summed E-state index contributed by atoms with van der Waals surface area (Å²) in [6.07, 6.45) is 1.39. The lowest BCUT2D eigenvalue weighted by Gasteiger charge is -2.25. The fourth-order valence-corrected chi connectivity index (χ4v) is 5.71. The molecular weight excluding hydrogens is 440 g/mol.